The highest BCUT2D eigenvalue weighted by atomic mass is 35.5. The van der Waals surface area contributed by atoms with Gasteiger partial charge in [-0.2, -0.15) is 0 Å². The second-order valence-corrected chi connectivity index (χ2v) is 8.30. The van der Waals surface area contributed by atoms with Gasteiger partial charge in [-0.3, -0.25) is 4.98 Å². The van der Waals surface area contributed by atoms with Crippen LogP contribution in [0.3, 0.4) is 0 Å². The molecule has 2 heterocycles. The van der Waals surface area contributed by atoms with Gasteiger partial charge in [0.15, 0.2) is 5.82 Å². The molecule has 4 rings (SSSR count). The molecule has 0 amide bonds. The summed E-state index contributed by atoms with van der Waals surface area (Å²) in [6.07, 6.45) is 2.97. The number of nitrogens with zero attached hydrogens (tertiary/aromatic N) is 3. The Bertz CT molecular complexity index is 1210. The first-order valence-corrected chi connectivity index (χ1v) is 10.3. The number of sulfone groups is 1. The molecule has 5 nitrogen and oxygen atoms in total. The van der Waals surface area contributed by atoms with E-state index in [9.17, 15) is 8.42 Å². The third-order valence-corrected chi connectivity index (χ3v) is 6.13. The fraction of sp³-hybridized carbons (Fsp3) is 0. The maximum absolute atomic E-state index is 13.2. The predicted octanol–water partition coefficient (Wildman–Crippen LogP) is 4.69. The Morgan fingerprint density at radius 1 is 0.786 bits per heavy atom. The van der Waals surface area contributed by atoms with E-state index in [1.54, 1.807) is 72.9 Å². The Hall–Kier alpha value is -3.09. The van der Waals surface area contributed by atoms with Crippen LogP contribution in [0.15, 0.2) is 95.0 Å². The van der Waals surface area contributed by atoms with Gasteiger partial charge in [-0.15, -0.1) is 0 Å². The number of hydrogen-bond donors (Lipinski definition) is 0. The maximum Gasteiger partial charge on any atom is 0.210 e. The molecule has 138 valence electrons. The number of halogens is 1. The van der Waals surface area contributed by atoms with E-state index >= 15 is 0 Å². The standard InChI is InChI=1S/C21H14ClN3O2S/c22-16-11-9-15(10-12-16)20-19(28(26,27)17-6-2-1-3-7-17)14-24-21(25-20)18-8-4-5-13-23-18/h1-14H. The zero-order valence-electron chi connectivity index (χ0n) is 14.5. The van der Waals surface area contributed by atoms with Gasteiger partial charge in [0, 0.05) is 16.8 Å². The third-order valence-electron chi connectivity index (χ3n) is 4.11. The second kappa shape index (κ2) is 7.50. The fourth-order valence-corrected chi connectivity index (χ4v) is 4.23. The topological polar surface area (TPSA) is 72.8 Å². The van der Waals surface area contributed by atoms with E-state index in [-0.39, 0.29) is 9.79 Å². The van der Waals surface area contributed by atoms with Crippen LogP contribution < -0.4 is 0 Å². The zero-order chi connectivity index (χ0) is 19.6. The van der Waals surface area contributed by atoms with Gasteiger partial charge in [0.05, 0.1) is 16.8 Å². The van der Waals surface area contributed by atoms with Crippen molar-refractivity contribution in [1.82, 2.24) is 15.0 Å². The van der Waals surface area contributed by atoms with Crippen molar-refractivity contribution >= 4 is 21.4 Å². The first-order chi connectivity index (χ1) is 13.6. The fourth-order valence-electron chi connectivity index (χ4n) is 2.73. The monoisotopic (exact) mass is 407 g/mol. The molecule has 0 bridgehead atoms. The van der Waals surface area contributed by atoms with Gasteiger partial charge in [-0.25, -0.2) is 18.4 Å². The summed E-state index contributed by atoms with van der Waals surface area (Å²) in [4.78, 5) is 13.3. The summed E-state index contributed by atoms with van der Waals surface area (Å²) in [5.41, 5.74) is 1.48. The zero-order valence-corrected chi connectivity index (χ0v) is 16.1. The molecule has 0 aliphatic heterocycles. The molecule has 0 spiro atoms. The van der Waals surface area contributed by atoms with Crippen molar-refractivity contribution in [3.63, 3.8) is 0 Å². The smallest absolute Gasteiger partial charge is 0.210 e. The van der Waals surface area contributed by atoms with Crippen LogP contribution in [-0.4, -0.2) is 23.4 Å². The average molecular weight is 408 g/mol. The summed E-state index contributed by atoms with van der Waals surface area (Å²) in [5, 5.41) is 0.551. The molecule has 4 aromatic rings. The number of rotatable bonds is 4. The Kier molecular flexibility index (Phi) is 4.90. The van der Waals surface area contributed by atoms with E-state index in [1.165, 1.54) is 6.20 Å². The normalized spacial score (nSPS) is 11.3. The molecule has 7 heteroatoms. The first-order valence-electron chi connectivity index (χ1n) is 8.40. The first kappa shape index (κ1) is 18.3. The average Bonchev–Trinajstić information content (AvgIpc) is 2.75. The van der Waals surface area contributed by atoms with Gasteiger partial charge in [-0.1, -0.05) is 48.0 Å². The Balaban J connectivity index is 1.95. The molecule has 0 radical (unpaired) electrons. The minimum absolute atomic E-state index is 0.0284. The molecule has 2 aromatic carbocycles. The number of benzene rings is 2. The molecule has 2 aromatic heterocycles. The van der Waals surface area contributed by atoms with Crippen LogP contribution in [0.25, 0.3) is 22.8 Å². The van der Waals surface area contributed by atoms with Gasteiger partial charge in [0.25, 0.3) is 0 Å². The number of pyridine rings is 1. The van der Waals surface area contributed by atoms with E-state index in [4.69, 9.17) is 11.6 Å². The largest absolute Gasteiger partial charge is 0.253 e. The van der Waals surface area contributed by atoms with Gasteiger partial charge in [0.2, 0.25) is 9.84 Å². The van der Waals surface area contributed by atoms with Gasteiger partial charge >= 0.3 is 0 Å². The molecule has 28 heavy (non-hydrogen) atoms. The van der Waals surface area contributed by atoms with Gasteiger partial charge in [0.1, 0.15) is 10.6 Å². The maximum atomic E-state index is 13.2. The van der Waals surface area contributed by atoms with Crippen LogP contribution in [0.1, 0.15) is 0 Å². The molecule has 0 fully saturated rings. The molecule has 0 N–H and O–H groups in total. The minimum atomic E-state index is -3.81. The highest BCUT2D eigenvalue weighted by molar-refractivity contribution is 7.91. The quantitative estimate of drug-likeness (QED) is 0.490. The van der Waals surface area contributed by atoms with Crippen molar-refractivity contribution in [3.05, 3.63) is 90.2 Å². The van der Waals surface area contributed by atoms with Crippen LogP contribution in [0.4, 0.5) is 0 Å². The third kappa shape index (κ3) is 3.52. The summed E-state index contributed by atoms with van der Waals surface area (Å²) in [6.45, 7) is 0. The van der Waals surface area contributed by atoms with Crippen molar-refractivity contribution in [1.29, 1.82) is 0 Å². The van der Waals surface area contributed by atoms with Crippen molar-refractivity contribution in [2.45, 2.75) is 9.79 Å². The van der Waals surface area contributed by atoms with Crippen molar-refractivity contribution in [3.8, 4) is 22.8 Å². The van der Waals surface area contributed by atoms with Gasteiger partial charge < -0.3 is 0 Å². The predicted molar refractivity (Wildman–Crippen MR) is 108 cm³/mol. The molecule has 0 atom stereocenters. The summed E-state index contributed by atoms with van der Waals surface area (Å²) in [5.74, 6) is 0.345. The van der Waals surface area contributed by atoms with E-state index in [0.29, 0.717) is 27.8 Å². The summed E-state index contributed by atoms with van der Waals surface area (Å²) in [7, 11) is -3.81. The van der Waals surface area contributed by atoms with E-state index in [0.717, 1.165) is 0 Å². The lowest BCUT2D eigenvalue weighted by atomic mass is 10.1. The molecule has 0 unspecified atom stereocenters. The van der Waals surface area contributed by atoms with E-state index in [1.807, 2.05) is 6.07 Å². The Morgan fingerprint density at radius 2 is 1.50 bits per heavy atom. The molecule has 0 saturated heterocycles. The highest BCUT2D eigenvalue weighted by Crippen LogP contribution is 2.31. The molecular weight excluding hydrogens is 394 g/mol. The van der Waals surface area contributed by atoms with E-state index in [2.05, 4.69) is 15.0 Å². The number of hydrogen-bond acceptors (Lipinski definition) is 5. The number of aromatic nitrogens is 3. The SMILES string of the molecule is O=S(=O)(c1ccccc1)c1cnc(-c2ccccn2)nc1-c1ccc(Cl)cc1. The lowest BCUT2D eigenvalue weighted by Crippen LogP contribution is -2.07. The molecule has 0 saturated carbocycles. The molecule has 0 aliphatic rings. The Labute approximate surface area is 167 Å². The van der Waals surface area contributed by atoms with Crippen LogP contribution in [0.2, 0.25) is 5.02 Å². The lowest BCUT2D eigenvalue weighted by Gasteiger charge is -2.11. The van der Waals surface area contributed by atoms with Gasteiger partial charge in [-0.05, 0) is 36.4 Å². The van der Waals surface area contributed by atoms with E-state index < -0.39 is 9.84 Å². The second-order valence-electron chi connectivity index (χ2n) is 5.94. The molecule has 0 aliphatic carbocycles. The lowest BCUT2D eigenvalue weighted by molar-refractivity contribution is 0.595. The van der Waals surface area contributed by atoms with Crippen molar-refractivity contribution in [2.24, 2.45) is 0 Å². The van der Waals surface area contributed by atoms with Crippen LogP contribution in [0, 0.1) is 0 Å². The summed E-state index contributed by atoms with van der Waals surface area (Å²) in [6, 6.07) is 20.5. The van der Waals surface area contributed by atoms with Crippen molar-refractivity contribution < 1.29 is 8.42 Å². The molecular formula is C21H14ClN3O2S. The summed E-state index contributed by atoms with van der Waals surface area (Å²) >= 11 is 5.99. The highest BCUT2D eigenvalue weighted by Gasteiger charge is 2.24. The van der Waals surface area contributed by atoms with Crippen LogP contribution in [-0.2, 0) is 9.84 Å². The van der Waals surface area contributed by atoms with Crippen LogP contribution >= 0.6 is 11.6 Å². The minimum Gasteiger partial charge on any atom is -0.253 e. The van der Waals surface area contributed by atoms with Crippen LogP contribution in [0.5, 0.6) is 0 Å². The van der Waals surface area contributed by atoms with Crippen molar-refractivity contribution in [2.75, 3.05) is 0 Å². The summed E-state index contributed by atoms with van der Waals surface area (Å²) < 4.78 is 26.4. The Morgan fingerprint density at radius 3 is 2.18 bits per heavy atom.